The van der Waals surface area contributed by atoms with Crippen LogP contribution in [0.15, 0.2) is 36.4 Å². The van der Waals surface area contributed by atoms with Crippen LogP contribution in [0.1, 0.15) is 28.3 Å². The maximum Gasteiger partial charge on any atom is 0.142 e. The molecule has 0 aliphatic carbocycles. The summed E-state index contributed by atoms with van der Waals surface area (Å²) < 4.78 is 13.4. The maximum absolute atomic E-state index is 13.4. The van der Waals surface area contributed by atoms with Gasteiger partial charge in [0, 0.05) is 6.04 Å². The number of nitrogens with two attached hydrogens (primary N) is 1. The summed E-state index contributed by atoms with van der Waals surface area (Å²) in [4.78, 5) is 0. The van der Waals surface area contributed by atoms with Crippen molar-refractivity contribution in [3.05, 3.63) is 69.5 Å². The van der Waals surface area contributed by atoms with Gasteiger partial charge in [0.2, 0.25) is 0 Å². The van der Waals surface area contributed by atoms with Crippen molar-refractivity contribution in [1.82, 2.24) is 0 Å². The zero-order valence-corrected chi connectivity index (χ0v) is 11.8. The summed E-state index contributed by atoms with van der Waals surface area (Å²) in [5.41, 5.74) is 10.5. The molecule has 2 aromatic carbocycles. The number of benzene rings is 2. The summed E-state index contributed by atoms with van der Waals surface area (Å²) in [7, 11) is 0. The van der Waals surface area contributed by atoms with E-state index in [1.54, 1.807) is 12.1 Å². The molecule has 0 heterocycles. The summed E-state index contributed by atoms with van der Waals surface area (Å²) in [5, 5.41) is 0.127. The van der Waals surface area contributed by atoms with Crippen molar-refractivity contribution in [1.29, 1.82) is 0 Å². The lowest BCUT2D eigenvalue weighted by Crippen LogP contribution is -2.13. The minimum Gasteiger partial charge on any atom is -0.324 e. The van der Waals surface area contributed by atoms with Crippen molar-refractivity contribution in [3.8, 4) is 0 Å². The van der Waals surface area contributed by atoms with Crippen LogP contribution in [0.4, 0.5) is 4.39 Å². The first kappa shape index (κ1) is 14.0. The number of hydrogen-bond donors (Lipinski definition) is 1. The molecular formula is C16H17ClFN. The van der Waals surface area contributed by atoms with E-state index in [-0.39, 0.29) is 11.1 Å². The van der Waals surface area contributed by atoms with Crippen molar-refractivity contribution in [2.24, 2.45) is 5.73 Å². The van der Waals surface area contributed by atoms with Gasteiger partial charge in [0.15, 0.2) is 0 Å². The molecule has 0 aliphatic rings. The van der Waals surface area contributed by atoms with E-state index in [1.807, 2.05) is 0 Å². The third-order valence-electron chi connectivity index (χ3n) is 3.11. The molecule has 3 heteroatoms. The highest BCUT2D eigenvalue weighted by Gasteiger charge is 2.10. The van der Waals surface area contributed by atoms with E-state index in [2.05, 4.69) is 32.0 Å². The fraction of sp³-hybridized carbons (Fsp3) is 0.250. The molecule has 1 atom stereocenters. The first-order valence-electron chi connectivity index (χ1n) is 6.23. The summed E-state index contributed by atoms with van der Waals surface area (Å²) >= 11 is 5.67. The summed E-state index contributed by atoms with van der Waals surface area (Å²) in [6.07, 6.45) is 0.684. The molecule has 0 bridgehead atoms. The lowest BCUT2D eigenvalue weighted by Gasteiger charge is -2.13. The molecule has 100 valence electrons. The van der Waals surface area contributed by atoms with E-state index >= 15 is 0 Å². The molecule has 0 saturated heterocycles. The number of hydrogen-bond acceptors (Lipinski definition) is 1. The predicted octanol–water partition coefficient (Wildman–Crippen LogP) is 4.34. The second-order valence-corrected chi connectivity index (χ2v) is 5.39. The number of halogens is 2. The van der Waals surface area contributed by atoms with Crippen LogP contribution in [0.25, 0.3) is 0 Å². The van der Waals surface area contributed by atoms with Crippen LogP contribution in [0.5, 0.6) is 0 Å². The zero-order valence-electron chi connectivity index (χ0n) is 11.1. The molecule has 0 amide bonds. The van der Waals surface area contributed by atoms with Gasteiger partial charge in [-0.2, -0.15) is 0 Å². The van der Waals surface area contributed by atoms with E-state index in [9.17, 15) is 4.39 Å². The molecule has 0 aliphatic heterocycles. The monoisotopic (exact) mass is 277 g/mol. The third kappa shape index (κ3) is 3.55. The lowest BCUT2D eigenvalue weighted by atomic mass is 9.97. The van der Waals surface area contributed by atoms with Gasteiger partial charge in [-0.3, -0.25) is 0 Å². The zero-order chi connectivity index (χ0) is 14.0. The Labute approximate surface area is 118 Å². The molecule has 0 spiro atoms. The highest BCUT2D eigenvalue weighted by atomic mass is 35.5. The molecular weight excluding hydrogens is 261 g/mol. The van der Waals surface area contributed by atoms with Crippen molar-refractivity contribution >= 4 is 11.6 Å². The van der Waals surface area contributed by atoms with Crippen LogP contribution in [-0.4, -0.2) is 0 Å². The van der Waals surface area contributed by atoms with E-state index in [4.69, 9.17) is 17.3 Å². The molecule has 2 aromatic rings. The average Bonchev–Trinajstić information content (AvgIpc) is 2.31. The predicted molar refractivity (Wildman–Crippen MR) is 78.0 cm³/mol. The smallest absolute Gasteiger partial charge is 0.142 e. The quantitative estimate of drug-likeness (QED) is 0.887. The third-order valence-corrected chi connectivity index (χ3v) is 3.42. The molecule has 0 saturated carbocycles. The van der Waals surface area contributed by atoms with E-state index in [0.717, 1.165) is 5.56 Å². The highest BCUT2D eigenvalue weighted by Crippen LogP contribution is 2.22. The Morgan fingerprint density at radius 3 is 2.32 bits per heavy atom. The van der Waals surface area contributed by atoms with Crippen LogP contribution in [0.3, 0.4) is 0 Å². The summed E-state index contributed by atoms with van der Waals surface area (Å²) in [6.45, 7) is 4.12. The van der Waals surface area contributed by atoms with Gasteiger partial charge in [0.25, 0.3) is 0 Å². The molecule has 0 aromatic heterocycles. The van der Waals surface area contributed by atoms with Gasteiger partial charge >= 0.3 is 0 Å². The minimum absolute atomic E-state index is 0.127. The van der Waals surface area contributed by atoms with Gasteiger partial charge in [-0.25, -0.2) is 4.39 Å². The van der Waals surface area contributed by atoms with Gasteiger partial charge in [0.05, 0.1) is 5.02 Å². The Morgan fingerprint density at radius 2 is 1.74 bits per heavy atom. The lowest BCUT2D eigenvalue weighted by molar-refractivity contribution is 0.619. The minimum atomic E-state index is -0.421. The van der Waals surface area contributed by atoms with Gasteiger partial charge in [-0.1, -0.05) is 47.0 Å². The summed E-state index contributed by atoms with van der Waals surface area (Å²) in [6, 6.07) is 10.9. The van der Waals surface area contributed by atoms with Crippen LogP contribution in [-0.2, 0) is 6.42 Å². The van der Waals surface area contributed by atoms with Gasteiger partial charge in [-0.05, 0) is 43.5 Å². The fourth-order valence-electron chi connectivity index (χ4n) is 2.30. The standard InChI is InChI=1S/C16H17ClFN/c1-10-5-11(2)7-12(6-10)8-16(19)13-3-4-14(17)15(18)9-13/h3-7,9,16H,8,19H2,1-2H3. The number of aryl methyl sites for hydroxylation is 2. The molecule has 1 nitrogen and oxygen atoms in total. The van der Waals surface area contributed by atoms with E-state index in [0.29, 0.717) is 6.42 Å². The Hall–Kier alpha value is -1.38. The molecule has 2 N–H and O–H groups in total. The van der Waals surface area contributed by atoms with Gasteiger partial charge in [0.1, 0.15) is 5.82 Å². The Bertz CT molecular complexity index is 575. The molecule has 0 radical (unpaired) electrons. The first-order chi connectivity index (χ1) is 8.95. The van der Waals surface area contributed by atoms with Crippen molar-refractivity contribution in [2.45, 2.75) is 26.3 Å². The highest BCUT2D eigenvalue weighted by molar-refractivity contribution is 6.30. The largest absolute Gasteiger partial charge is 0.324 e. The SMILES string of the molecule is Cc1cc(C)cc(CC(N)c2ccc(Cl)c(F)c2)c1. The van der Waals surface area contributed by atoms with Crippen molar-refractivity contribution < 1.29 is 4.39 Å². The topological polar surface area (TPSA) is 26.0 Å². The molecule has 19 heavy (non-hydrogen) atoms. The van der Waals surface area contributed by atoms with E-state index in [1.165, 1.54) is 22.8 Å². The van der Waals surface area contributed by atoms with Crippen molar-refractivity contribution in [2.75, 3.05) is 0 Å². The fourth-order valence-corrected chi connectivity index (χ4v) is 2.42. The van der Waals surface area contributed by atoms with Gasteiger partial charge in [-0.15, -0.1) is 0 Å². The van der Waals surface area contributed by atoms with Crippen molar-refractivity contribution in [3.63, 3.8) is 0 Å². The molecule has 0 fully saturated rings. The van der Waals surface area contributed by atoms with E-state index < -0.39 is 5.82 Å². The maximum atomic E-state index is 13.4. The second-order valence-electron chi connectivity index (χ2n) is 4.98. The molecule has 1 unspecified atom stereocenters. The Morgan fingerprint density at radius 1 is 1.11 bits per heavy atom. The van der Waals surface area contributed by atoms with Crippen LogP contribution < -0.4 is 5.73 Å². The normalized spacial score (nSPS) is 12.5. The van der Waals surface area contributed by atoms with Gasteiger partial charge < -0.3 is 5.73 Å². The Kier molecular flexibility index (Phi) is 4.23. The average molecular weight is 278 g/mol. The van der Waals surface area contributed by atoms with Crippen LogP contribution in [0.2, 0.25) is 5.02 Å². The van der Waals surface area contributed by atoms with Crippen LogP contribution >= 0.6 is 11.6 Å². The summed E-state index contributed by atoms with van der Waals surface area (Å²) in [5.74, 6) is -0.421. The second kappa shape index (κ2) is 5.72. The Balaban J connectivity index is 2.20. The first-order valence-corrected chi connectivity index (χ1v) is 6.61. The molecule has 2 rings (SSSR count). The van der Waals surface area contributed by atoms with Crippen LogP contribution in [0, 0.1) is 19.7 Å². The number of rotatable bonds is 3.